The zero-order valence-electron chi connectivity index (χ0n) is 17.7. The van der Waals surface area contributed by atoms with Crippen molar-refractivity contribution in [1.29, 1.82) is 0 Å². The van der Waals surface area contributed by atoms with Gasteiger partial charge in [-0.3, -0.25) is 9.78 Å². The first-order chi connectivity index (χ1) is 14.7. The number of hydrogen-bond donors (Lipinski definition) is 0. The number of likely N-dealkylation sites (tertiary alicyclic amines) is 1. The SMILES string of the molecule is COc1cc(C(=O)N(C)C2CCN(CCc3ccccn3)CC2)cc2c1OCCO2. The third kappa shape index (κ3) is 4.51. The maximum absolute atomic E-state index is 13.1. The van der Waals surface area contributed by atoms with Gasteiger partial charge in [0.05, 0.1) is 7.11 Å². The molecule has 0 spiro atoms. The Balaban J connectivity index is 1.35. The van der Waals surface area contributed by atoms with Gasteiger partial charge in [0.1, 0.15) is 13.2 Å². The fraction of sp³-hybridized carbons (Fsp3) is 0.478. The van der Waals surface area contributed by atoms with E-state index < -0.39 is 0 Å². The number of ether oxygens (including phenoxy) is 3. The number of fused-ring (bicyclic) bond motifs is 1. The largest absolute Gasteiger partial charge is 0.493 e. The van der Waals surface area contributed by atoms with Crippen molar-refractivity contribution in [3.05, 3.63) is 47.8 Å². The molecule has 0 bridgehead atoms. The summed E-state index contributed by atoms with van der Waals surface area (Å²) in [5.74, 6) is 1.66. The van der Waals surface area contributed by atoms with Gasteiger partial charge in [0.15, 0.2) is 11.5 Å². The molecule has 0 aliphatic carbocycles. The quantitative estimate of drug-likeness (QED) is 0.728. The third-order valence-electron chi connectivity index (χ3n) is 5.91. The predicted molar refractivity (Wildman–Crippen MR) is 113 cm³/mol. The Morgan fingerprint density at radius 1 is 1.23 bits per heavy atom. The van der Waals surface area contributed by atoms with Crippen LogP contribution in [0.2, 0.25) is 0 Å². The van der Waals surface area contributed by atoms with Crippen LogP contribution < -0.4 is 14.2 Å². The number of hydrogen-bond acceptors (Lipinski definition) is 6. The summed E-state index contributed by atoms with van der Waals surface area (Å²) in [5, 5.41) is 0. The highest BCUT2D eigenvalue weighted by Crippen LogP contribution is 2.40. The Morgan fingerprint density at radius 2 is 2.03 bits per heavy atom. The molecule has 7 nitrogen and oxygen atoms in total. The van der Waals surface area contributed by atoms with E-state index in [-0.39, 0.29) is 11.9 Å². The van der Waals surface area contributed by atoms with E-state index in [4.69, 9.17) is 14.2 Å². The molecular weight excluding hydrogens is 382 g/mol. The Bertz CT molecular complexity index is 849. The molecule has 0 unspecified atom stereocenters. The first-order valence-corrected chi connectivity index (χ1v) is 10.5. The molecule has 0 saturated carbocycles. The lowest BCUT2D eigenvalue weighted by atomic mass is 10.0. The average molecular weight is 412 g/mol. The van der Waals surface area contributed by atoms with Crippen molar-refractivity contribution >= 4 is 5.91 Å². The zero-order valence-corrected chi connectivity index (χ0v) is 17.7. The molecule has 1 aromatic heterocycles. The number of aromatic nitrogens is 1. The lowest BCUT2D eigenvalue weighted by molar-refractivity contribution is 0.0642. The molecule has 2 aliphatic rings. The lowest BCUT2D eigenvalue weighted by Gasteiger charge is -2.37. The van der Waals surface area contributed by atoms with Crippen molar-refractivity contribution < 1.29 is 19.0 Å². The number of benzene rings is 1. The zero-order chi connectivity index (χ0) is 20.9. The molecule has 0 radical (unpaired) electrons. The van der Waals surface area contributed by atoms with Crippen LogP contribution in [0.5, 0.6) is 17.2 Å². The number of pyridine rings is 1. The van der Waals surface area contributed by atoms with E-state index in [9.17, 15) is 4.79 Å². The van der Waals surface area contributed by atoms with Gasteiger partial charge >= 0.3 is 0 Å². The van der Waals surface area contributed by atoms with Gasteiger partial charge < -0.3 is 24.0 Å². The van der Waals surface area contributed by atoms with E-state index in [0.29, 0.717) is 36.0 Å². The molecule has 7 heteroatoms. The van der Waals surface area contributed by atoms with Crippen LogP contribution in [0, 0.1) is 0 Å². The van der Waals surface area contributed by atoms with E-state index in [0.717, 1.165) is 44.6 Å². The monoisotopic (exact) mass is 411 g/mol. The molecule has 1 aromatic carbocycles. The van der Waals surface area contributed by atoms with E-state index >= 15 is 0 Å². The molecule has 160 valence electrons. The summed E-state index contributed by atoms with van der Waals surface area (Å²) < 4.78 is 16.7. The number of carbonyl (C=O) groups excluding carboxylic acids is 1. The van der Waals surface area contributed by atoms with Gasteiger partial charge in [0.2, 0.25) is 5.75 Å². The van der Waals surface area contributed by atoms with Crippen LogP contribution in [-0.2, 0) is 6.42 Å². The second-order valence-electron chi connectivity index (χ2n) is 7.76. The number of piperidine rings is 1. The van der Waals surface area contributed by atoms with Crippen molar-refractivity contribution in [2.24, 2.45) is 0 Å². The molecule has 0 atom stereocenters. The summed E-state index contributed by atoms with van der Waals surface area (Å²) in [6.45, 7) is 3.93. The molecule has 1 saturated heterocycles. The highest BCUT2D eigenvalue weighted by atomic mass is 16.6. The second-order valence-corrected chi connectivity index (χ2v) is 7.76. The van der Waals surface area contributed by atoms with Crippen LogP contribution in [0.1, 0.15) is 28.9 Å². The Kier molecular flexibility index (Phi) is 6.38. The molecule has 1 amide bonds. The molecule has 2 aromatic rings. The van der Waals surface area contributed by atoms with Crippen molar-refractivity contribution in [3.8, 4) is 17.2 Å². The van der Waals surface area contributed by atoms with Gasteiger partial charge in [-0.25, -0.2) is 0 Å². The molecule has 0 N–H and O–H groups in total. The second kappa shape index (κ2) is 9.34. The van der Waals surface area contributed by atoms with Gasteiger partial charge in [-0.05, 0) is 37.1 Å². The minimum atomic E-state index is -0.0165. The van der Waals surface area contributed by atoms with E-state index in [1.807, 2.05) is 30.3 Å². The summed E-state index contributed by atoms with van der Waals surface area (Å²) in [6, 6.07) is 9.77. The minimum Gasteiger partial charge on any atom is -0.493 e. The third-order valence-corrected chi connectivity index (χ3v) is 5.91. The lowest BCUT2D eigenvalue weighted by Crippen LogP contribution is -2.46. The predicted octanol–water partition coefficient (Wildman–Crippen LogP) is 2.64. The molecular formula is C23H29N3O4. The summed E-state index contributed by atoms with van der Waals surface area (Å²) in [6.07, 6.45) is 4.73. The Labute approximate surface area is 177 Å². The van der Waals surface area contributed by atoms with Crippen molar-refractivity contribution in [2.75, 3.05) is 47.0 Å². The normalized spacial score (nSPS) is 16.9. The van der Waals surface area contributed by atoms with Crippen LogP contribution in [0.3, 0.4) is 0 Å². The van der Waals surface area contributed by atoms with Crippen LogP contribution in [0.25, 0.3) is 0 Å². The van der Waals surface area contributed by atoms with Crippen LogP contribution in [0.15, 0.2) is 36.5 Å². The van der Waals surface area contributed by atoms with E-state index in [2.05, 4.69) is 16.0 Å². The number of methoxy groups -OCH3 is 1. The minimum absolute atomic E-state index is 0.0165. The fourth-order valence-corrected chi connectivity index (χ4v) is 4.11. The highest BCUT2D eigenvalue weighted by molar-refractivity contribution is 5.95. The van der Waals surface area contributed by atoms with Crippen molar-refractivity contribution in [3.63, 3.8) is 0 Å². The summed E-state index contributed by atoms with van der Waals surface area (Å²) in [7, 11) is 3.46. The number of amides is 1. The highest BCUT2D eigenvalue weighted by Gasteiger charge is 2.28. The molecule has 2 aliphatic heterocycles. The summed E-state index contributed by atoms with van der Waals surface area (Å²) in [4.78, 5) is 21.9. The molecule has 30 heavy (non-hydrogen) atoms. The number of rotatable bonds is 6. The standard InChI is InChI=1S/C23H29N3O4/c1-25(19-7-11-26(12-8-19)10-6-18-5-3-4-9-24-18)23(27)17-15-20(28-2)22-21(16-17)29-13-14-30-22/h3-5,9,15-16,19H,6-8,10-14H2,1-2H3. The van der Waals surface area contributed by atoms with E-state index in [1.165, 1.54) is 0 Å². The van der Waals surface area contributed by atoms with Crippen LogP contribution in [-0.4, -0.2) is 73.7 Å². The fourth-order valence-electron chi connectivity index (χ4n) is 4.11. The Hall–Kier alpha value is -2.80. The topological polar surface area (TPSA) is 64.1 Å². The first-order valence-electron chi connectivity index (χ1n) is 10.5. The average Bonchev–Trinajstić information content (AvgIpc) is 2.82. The van der Waals surface area contributed by atoms with Crippen LogP contribution >= 0.6 is 0 Å². The van der Waals surface area contributed by atoms with E-state index in [1.54, 1.807) is 19.2 Å². The van der Waals surface area contributed by atoms with Crippen LogP contribution in [0.4, 0.5) is 0 Å². The summed E-state index contributed by atoms with van der Waals surface area (Å²) >= 11 is 0. The van der Waals surface area contributed by atoms with Crippen molar-refractivity contribution in [1.82, 2.24) is 14.8 Å². The van der Waals surface area contributed by atoms with Gasteiger partial charge in [-0.1, -0.05) is 6.07 Å². The number of nitrogens with zero attached hydrogens (tertiary/aromatic N) is 3. The maximum atomic E-state index is 13.1. The maximum Gasteiger partial charge on any atom is 0.254 e. The van der Waals surface area contributed by atoms with Gasteiger partial charge in [-0.2, -0.15) is 0 Å². The number of carbonyl (C=O) groups is 1. The smallest absolute Gasteiger partial charge is 0.254 e. The molecule has 4 rings (SSSR count). The van der Waals surface area contributed by atoms with Gasteiger partial charge in [0.25, 0.3) is 5.91 Å². The molecule has 3 heterocycles. The van der Waals surface area contributed by atoms with Gasteiger partial charge in [0, 0.05) is 56.6 Å². The summed E-state index contributed by atoms with van der Waals surface area (Å²) in [5.41, 5.74) is 1.69. The van der Waals surface area contributed by atoms with Gasteiger partial charge in [-0.15, -0.1) is 0 Å². The first kappa shape index (κ1) is 20.5. The Morgan fingerprint density at radius 3 is 2.77 bits per heavy atom. The van der Waals surface area contributed by atoms with Crippen molar-refractivity contribution in [2.45, 2.75) is 25.3 Å². The molecule has 1 fully saturated rings.